The minimum Gasteiger partial charge on any atom is -0.467 e. The Morgan fingerprint density at radius 3 is 2.81 bits per heavy atom. The van der Waals surface area contributed by atoms with Gasteiger partial charge in [0.25, 0.3) is 5.91 Å². The van der Waals surface area contributed by atoms with Crippen molar-refractivity contribution in [3.8, 4) is 0 Å². The molecular weight excluding hydrogens is 445 g/mol. The number of nitrogens with zero attached hydrogens (tertiary/aromatic N) is 1. The third-order valence-electron chi connectivity index (χ3n) is 3.71. The van der Waals surface area contributed by atoms with Gasteiger partial charge in [-0.15, -0.1) is 0 Å². The summed E-state index contributed by atoms with van der Waals surface area (Å²) in [6.45, 7) is 2.03. The zero-order chi connectivity index (χ0) is 15.0. The number of carbonyl (C=O) groups is 1. The molecule has 0 saturated heterocycles. The van der Waals surface area contributed by atoms with Gasteiger partial charge in [-0.05, 0) is 72.7 Å². The van der Waals surface area contributed by atoms with E-state index in [9.17, 15) is 4.79 Å². The molecule has 1 aliphatic rings. The van der Waals surface area contributed by atoms with Crippen LogP contribution in [0.1, 0.15) is 41.9 Å². The third kappa shape index (κ3) is 3.18. The molecule has 1 heterocycles. The van der Waals surface area contributed by atoms with Crippen molar-refractivity contribution in [3.63, 3.8) is 0 Å². The summed E-state index contributed by atoms with van der Waals surface area (Å²) in [5.41, 5.74) is 0.746. The van der Waals surface area contributed by atoms with Gasteiger partial charge in [0.2, 0.25) is 0 Å². The fourth-order valence-electron chi connectivity index (χ4n) is 2.48. The van der Waals surface area contributed by atoms with E-state index < -0.39 is 0 Å². The maximum atomic E-state index is 13.0. The highest BCUT2D eigenvalue weighted by Crippen LogP contribution is 2.36. The molecule has 5 heteroatoms. The van der Waals surface area contributed by atoms with Crippen LogP contribution in [0.25, 0.3) is 0 Å². The first-order chi connectivity index (χ1) is 10.1. The Morgan fingerprint density at radius 2 is 2.19 bits per heavy atom. The van der Waals surface area contributed by atoms with Crippen molar-refractivity contribution >= 4 is 44.4 Å². The molecule has 1 aliphatic carbocycles. The van der Waals surface area contributed by atoms with Crippen LogP contribution >= 0.6 is 38.5 Å². The summed E-state index contributed by atoms with van der Waals surface area (Å²) in [7, 11) is 0. The minimum absolute atomic E-state index is 0.0465. The van der Waals surface area contributed by atoms with Crippen LogP contribution < -0.4 is 0 Å². The number of amides is 1. The third-order valence-corrected chi connectivity index (χ3v) is 5.14. The van der Waals surface area contributed by atoms with E-state index in [1.165, 1.54) is 0 Å². The molecule has 2 aromatic rings. The quantitative estimate of drug-likeness (QED) is 0.602. The molecule has 1 aromatic heterocycles. The summed E-state index contributed by atoms with van der Waals surface area (Å²) in [6, 6.07) is 9.89. The van der Waals surface area contributed by atoms with Gasteiger partial charge in [0, 0.05) is 14.1 Å². The molecule has 1 amide bonds. The SMILES string of the molecule is CC(c1ccco1)N(C(=O)c1cc(Br)ccc1I)C1CC1. The van der Waals surface area contributed by atoms with E-state index in [1.807, 2.05) is 42.2 Å². The van der Waals surface area contributed by atoms with Gasteiger partial charge in [0.15, 0.2) is 0 Å². The van der Waals surface area contributed by atoms with E-state index in [0.717, 1.165) is 32.2 Å². The second-order valence-electron chi connectivity index (χ2n) is 5.26. The van der Waals surface area contributed by atoms with Crippen molar-refractivity contribution in [2.24, 2.45) is 0 Å². The first-order valence-corrected chi connectivity index (χ1v) is 8.76. The Morgan fingerprint density at radius 1 is 1.43 bits per heavy atom. The zero-order valence-electron chi connectivity index (χ0n) is 11.6. The lowest BCUT2D eigenvalue weighted by Crippen LogP contribution is -2.35. The maximum Gasteiger partial charge on any atom is 0.255 e. The van der Waals surface area contributed by atoms with Gasteiger partial charge in [-0.3, -0.25) is 4.79 Å². The Kier molecular flexibility index (Phi) is 4.40. The first kappa shape index (κ1) is 15.1. The molecule has 0 spiro atoms. The second kappa shape index (κ2) is 6.12. The topological polar surface area (TPSA) is 33.5 Å². The van der Waals surface area contributed by atoms with E-state index >= 15 is 0 Å². The van der Waals surface area contributed by atoms with Crippen molar-refractivity contribution in [1.82, 2.24) is 4.90 Å². The smallest absolute Gasteiger partial charge is 0.255 e. The molecule has 0 aliphatic heterocycles. The van der Waals surface area contributed by atoms with Gasteiger partial charge in [0.05, 0.1) is 17.9 Å². The van der Waals surface area contributed by atoms with Crippen LogP contribution in [0, 0.1) is 3.57 Å². The number of hydrogen-bond donors (Lipinski definition) is 0. The summed E-state index contributed by atoms with van der Waals surface area (Å²) >= 11 is 5.66. The lowest BCUT2D eigenvalue weighted by atomic mass is 10.1. The van der Waals surface area contributed by atoms with E-state index in [-0.39, 0.29) is 11.9 Å². The number of furan rings is 1. The maximum absolute atomic E-state index is 13.0. The zero-order valence-corrected chi connectivity index (χ0v) is 15.3. The number of rotatable bonds is 4. The molecule has 3 rings (SSSR count). The van der Waals surface area contributed by atoms with Gasteiger partial charge >= 0.3 is 0 Å². The monoisotopic (exact) mass is 459 g/mol. The van der Waals surface area contributed by atoms with E-state index in [2.05, 4.69) is 38.5 Å². The molecule has 1 fully saturated rings. The average molecular weight is 460 g/mol. The molecule has 110 valence electrons. The predicted molar refractivity (Wildman–Crippen MR) is 93.2 cm³/mol. The van der Waals surface area contributed by atoms with Gasteiger partial charge in [-0.2, -0.15) is 0 Å². The van der Waals surface area contributed by atoms with Crippen molar-refractivity contribution in [2.45, 2.75) is 31.8 Å². The summed E-state index contributed by atoms with van der Waals surface area (Å²) in [4.78, 5) is 15.0. The fourth-order valence-corrected chi connectivity index (χ4v) is 3.40. The van der Waals surface area contributed by atoms with Crippen molar-refractivity contribution in [3.05, 3.63) is 56.0 Å². The lowest BCUT2D eigenvalue weighted by Gasteiger charge is -2.28. The standard InChI is InChI=1S/C16H15BrINO2/c1-10(15-3-2-8-21-15)19(12-5-6-12)16(20)13-9-11(17)4-7-14(13)18/h2-4,7-10,12H,5-6H2,1H3. The van der Waals surface area contributed by atoms with Crippen LogP contribution in [0.3, 0.4) is 0 Å². The van der Waals surface area contributed by atoms with E-state index in [4.69, 9.17) is 4.42 Å². The average Bonchev–Trinajstić information content (AvgIpc) is 3.14. The molecule has 1 saturated carbocycles. The Bertz CT molecular complexity index is 652. The molecule has 0 N–H and O–H groups in total. The van der Waals surface area contributed by atoms with Crippen molar-refractivity contribution in [1.29, 1.82) is 0 Å². The highest BCUT2D eigenvalue weighted by molar-refractivity contribution is 14.1. The predicted octanol–water partition coefficient (Wildman–Crippen LogP) is 5.01. The molecule has 0 radical (unpaired) electrons. The molecule has 1 unspecified atom stereocenters. The first-order valence-electron chi connectivity index (χ1n) is 6.89. The minimum atomic E-state index is -0.0465. The normalized spacial score (nSPS) is 15.8. The molecule has 1 aromatic carbocycles. The Hall–Kier alpha value is -0.820. The van der Waals surface area contributed by atoms with Crippen LogP contribution in [0.2, 0.25) is 0 Å². The van der Waals surface area contributed by atoms with Crippen LogP contribution in [0.15, 0.2) is 45.5 Å². The summed E-state index contributed by atoms with van der Waals surface area (Å²) in [5.74, 6) is 0.910. The van der Waals surface area contributed by atoms with E-state index in [0.29, 0.717) is 6.04 Å². The summed E-state index contributed by atoms with van der Waals surface area (Å²) in [5, 5.41) is 0. The molecular formula is C16H15BrINO2. The molecule has 1 atom stereocenters. The van der Waals surface area contributed by atoms with Crippen LogP contribution in [-0.4, -0.2) is 16.8 Å². The van der Waals surface area contributed by atoms with E-state index in [1.54, 1.807) is 6.26 Å². The van der Waals surface area contributed by atoms with Crippen LogP contribution in [0.4, 0.5) is 0 Å². The highest BCUT2D eigenvalue weighted by Gasteiger charge is 2.38. The van der Waals surface area contributed by atoms with Gasteiger partial charge < -0.3 is 9.32 Å². The van der Waals surface area contributed by atoms with Crippen molar-refractivity contribution < 1.29 is 9.21 Å². The second-order valence-corrected chi connectivity index (χ2v) is 7.34. The number of benzene rings is 1. The Balaban J connectivity index is 1.94. The highest BCUT2D eigenvalue weighted by atomic mass is 127. The molecule has 3 nitrogen and oxygen atoms in total. The Labute approximate surface area is 146 Å². The van der Waals surface area contributed by atoms with Crippen LogP contribution in [-0.2, 0) is 0 Å². The summed E-state index contributed by atoms with van der Waals surface area (Å²) < 4.78 is 7.38. The van der Waals surface area contributed by atoms with Gasteiger partial charge in [-0.25, -0.2) is 0 Å². The number of halogens is 2. The van der Waals surface area contributed by atoms with Gasteiger partial charge in [-0.1, -0.05) is 15.9 Å². The number of hydrogen-bond acceptors (Lipinski definition) is 2. The fraction of sp³-hybridized carbons (Fsp3) is 0.312. The molecule has 0 bridgehead atoms. The molecule has 21 heavy (non-hydrogen) atoms. The summed E-state index contributed by atoms with van der Waals surface area (Å²) in [6.07, 6.45) is 3.80. The lowest BCUT2D eigenvalue weighted by molar-refractivity contribution is 0.0651. The number of carbonyl (C=O) groups excluding carboxylic acids is 1. The van der Waals surface area contributed by atoms with Crippen LogP contribution in [0.5, 0.6) is 0 Å². The van der Waals surface area contributed by atoms with Crippen molar-refractivity contribution in [2.75, 3.05) is 0 Å². The van der Waals surface area contributed by atoms with Gasteiger partial charge in [0.1, 0.15) is 5.76 Å². The largest absolute Gasteiger partial charge is 0.467 e.